The monoisotopic (exact) mass is 354 g/mol. The van der Waals surface area contributed by atoms with E-state index in [9.17, 15) is 4.79 Å². The Bertz CT molecular complexity index is 930. The molecule has 0 aliphatic carbocycles. The van der Waals surface area contributed by atoms with E-state index in [2.05, 4.69) is 20.6 Å². The number of carbonyl (C=O) groups is 1. The van der Waals surface area contributed by atoms with Gasteiger partial charge in [-0.1, -0.05) is 23.7 Å². The van der Waals surface area contributed by atoms with Gasteiger partial charge in [-0.15, -0.1) is 0 Å². The second kappa shape index (κ2) is 7.19. The number of halogens is 1. The molecule has 0 aliphatic rings. The van der Waals surface area contributed by atoms with E-state index in [1.807, 2.05) is 25.1 Å². The smallest absolute Gasteiger partial charge is 0.335 e. The van der Waals surface area contributed by atoms with Gasteiger partial charge >= 0.3 is 5.97 Å². The molecule has 2 aromatic carbocycles. The van der Waals surface area contributed by atoms with Crippen LogP contribution in [0.1, 0.15) is 15.9 Å². The Morgan fingerprint density at radius 2 is 1.92 bits per heavy atom. The maximum absolute atomic E-state index is 11.0. The fraction of sp³-hybridized carbons (Fsp3) is 0.0556. The maximum Gasteiger partial charge on any atom is 0.335 e. The van der Waals surface area contributed by atoms with Crippen molar-refractivity contribution in [3.63, 3.8) is 0 Å². The quantitative estimate of drug-likeness (QED) is 0.619. The molecule has 126 valence electrons. The van der Waals surface area contributed by atoms with E-state index in [1.165, 1.54) is 6.07 Å². The topological polar surface area (TPSA) is 87.1 Å². The molecule has 25 heavy (non-hydrogen) atoms. The lowest BCUT2D eigenvalue weighted by atomic mass is 10.2. The van der Waals surface area contributed by atoms with Crippen LogP contribution in [0.5, 0.6) is 0 Å². The lowest BCUT2D eigenvalue weighted by molar-refractivity contribution is 0.0697. The first-order valence-electron chi connectivity index (χ1n) is 7.48. The van der Waals surface area contributed by atoms with Gasteiger partial charge in [0.2, 0.25) is 5.95 Å². The molecule has 6 nitrogen and oxygen atoms in total. The second-order valence-corrected chi connectivity index (χ2v) is 5.72. The third-order valence-corrected chi connectivity index (χ3v) is 3.96. The molecule has 0 amide bonds. The molecule has 0 aliphatic heterocycles. The standard InChI is InChI=1S/C18H15ClN4O2/c1-11-14(19)6-3-7-15(11)22-18-20-9-8-16(23-18)21-13-5-2-4-12(10-13)17(24)25/h2-10H,1H3,(H,24,25)(H2,20,21,22,23). The van der Waals surface area contributed by atoms with Crippen LogP contribution in [-0.2, 0) is 0 Å². The van der Waals surface area contributed by atoms with Crippen LogP contribution in [0.25, 0.3) is 0 Å². The number of aromatic nitrogens is 2. The van der Waals surface area contributed by atoms with Crippen molar-refractivity contribution >= 4 is 40.7 Å². The number of hydrogen-bond donors (Lipinski definition) is 3. The summed E-state index contributed by atoms with van der Waals surface area (Å²) in [6, 6.07) is 13.8. The SMILES string of the molecule is Cc1c(Cl)cccc1Nc1nccc(Nc2cccc(C(=O)O)c2)n1. The van der Waals surface area contributed by atoms with E-state index in [0.717, 1.165) is 11.3 Å². The van der Waals surface area contributed by atoms with E-state index in [-0.39, 0.29) is 5.56 Å². The minimum Gasteiger partial charge on any atom is -0.478 e. The molecule has 7 heteroatoms. The summed E-state index contributed by atoms with van der Waals surface area (Å²) in [6.07, 6.45) is 1.61. The van der Waals surface area contributed by atoms with Gasteiger partial charge < -0.3 is 15.7 Å². The number of anilines is 4. The Morgan fingerprint density at radius 3 is 2.72 bits per heavy atom. The molecule has 3 aromatic rings. The van der Waals surface area contributed by atoms with Crippen LogP contribution in [0.2, 0.25) is 5.02 Å². The van der Waals surface area contributed by atoms with E-state index in [4.69, 9.17) is 16.7 Å². The highest BCUT2D eigenvalue weighted by atomic mass is 35.5. The van der Waals surface area contributed by atoms with Gasteiger partial charge in [0.15, 0.2) is 0 Å². The number of nitrogens with zero attached hydrogens (tertiary/aromatic N) is 2. The van der Waals surface area contributed by atoms with Crippen LogP contribution in [0.4, 0.5) is 23.1 Å². The molecule has 0 fully saturated rings. The number of benzene rings is 2. The predicted octanol–water partition coefficient (Wildman–Crippen LogP) is 4.62. The Labute approximate surface area is 149 Å². The van der Waals surface area contributed by atoms with Crippen molar-refractivity contribution in [3.05, 3.63) is 70.9 Å². The van der Waals surface area contributed by atoms with Crippen molar-refractivity contribution in [3.8, 4) is 0 Å². The average Bonchev–Trinajstić information content (AvgIpc) is 2.59. The third kappa shape index (κ3) is 4.05. The van der Waals surface area contributed by atoms with Gasteiger partial charge in [-0.25, -0.2) is 9.78 Å². The molecule has 0 bridgehead atoms. The average molecular weight is 355 g/mol. The van der Waals surface area contributed by atoms with Crippen LogP contribution >= 0.6 is 11.6 Å². The summed E-state index contributed by atoms with van der Waals surface area (Å²) in [6.45, 7) is 1.91. The first kappa shape index (κ1) is 16.7. The van der Waals surface area contributed by atoms with Crippen LogP contribution < -0.4 is 10.6 Å². The molecule has 1 heterocycles. The van der Waals surface area contributed by atoms with Crippen LogP contribution in [0.3, 0.4) is 0 Å². The summed E-state index contributed by atoms with van der Waals surface area (Å²) in [5.41, 5.74) is 2.55. The van der Waals surface area contributed by atoms with Gasteiger partial charge in [-0.3, -0.25) is 0 Å². The first-order chi connectivity index (χ1) is 12.0. The highest BCUT2D eigenvalue weighted by Crippen LogP contribution is 2.25. The van der Waals surface area contributed by atoms with Gasteiger partial charge in [-0.2, -0.15) is 4.98 Å². The fourth-order valence-electron chi connectivity index (χ4n) is 2.23. The largest absolute Gasteiger partial charge is 0.478 e. The van der Waals surface area contributed by atoms with E-state index >= 15 is 0 Å². The van der Waals surface area contributed by atoms with Crippen LogP contribution in [-0.4, -0.2) is 21.0 Å². The Morgan fingerprint density at radius 1 is 1.12 bits per heavy atom. The summed E-state index contributed by atoms with van der Waals surface area (Å²) < 4.78 is 0. The highest BCUT2D eigenvalue weighted by Gasteiger charge is 2.07. The first-order valence-corrected chi connectivity index (χ1v) is 7.86. The van der Waals surface area contributed by atoms with Crippen molar-refractivity contribution in [1.82, 2.24) is 9.97 Å². The normalized spacial score (nSPS) is 10.3. The zero-order valence-corrected chi connectivity index (χ0v) is 14.1. The molecule has 3 rings (SSSR count). The Balaban J connectivity index is 1.81. The zero-order chi connectivity index (χ0) is 17.8. The molecule has 3 N–H and O–H groups in total. The Kier molecular flexibility index (Phi) is 4.81. The fourth-order valence-corrected chi connectivity index (χ4v) is 2.40. The van der Waals surface area contributed by atoms with Crippen LogP contribution in [0, 0.1) is 6.92 Å². The second-order valence-electron chi connectivity index (χ2n) is 5.31. The molecule has 0 saturated carbocycles. The minimum atomic E-state index is -0.981. The molecule has 1 aromatic heterocycles. The third-order valence-electron chi connectivity index (χ3n) is 3.55. The van der Waals surface area contributed by atoms with Crippen molar-refractivity contribution in [2.75, 3.05) is 10.6 Å². The van der Waals surface area contributed by atoms with Gasteiger partial charge in [-0.05, 0) is 48.9 Å². The molecular formula is C18H15ClN4O2. The highest BCUT2D eigenvalue weighted by molar-refractivity contribution is 6.31. The minimum absolute atomic E-state index is 0.201. The van der Waals surface area contributed by atoms with Gasteiger partial charge in [0.05, 0.1) is 5.56 Å². The molecule has 0 saturated heterocycles. The number of carboxylic acids is 1. The summed E-state index contributed by atoms with van der Waals surface area (Å²) in [5.74, 6) is -0.0328. The maximum atomic E-state index is 11.0. The molecule has 0 spiro atoms. The number of carboxylic acid groups (broad SMARTS) is 1. The van der Waals surface area contributed by atoms with E-state index in [0.29, 0.717) is 22.5 Å². The summed E-state index contributed by atoms with van der Waals surface area (Å²) in [5, 5.41) is 15.9. The summed E-state index contributed by atoms with van der Waals surface area (Å²) in [7, 11) is 0. The zero-order valence-electron chi connectivity index (χ0n) is 13.3. The predicted molar refractivity (Wildman–Crippen MR) is 98.2 cm³/mol. The lowest BCUT2D eigenvalue weighted by Gasteiger charge is -2.11. The molecule has 0 unspecified atom stereocenters. The van der Waals surface area contributed by atoms with Crippen molar-refractivity contribution in [2.24, 2.45) is 0 Å². The van der Waals surface area contributed by atoms with E-state index < -0.39 is 5.97 Å². The van der Waals surface area contributed by atoms with Crippen molar-refractivity contribution < 1.29 is 9.90 Å². The Hall–Kier alpha value is -3.12. The number of rotatable bonds is 5. The lowest BCUT2D eigenvalue weighted by Crippen LogP contribution is -2.02. The number of nitrogens with one attached hydrogen (secondary N) is 2. The molecule has 0 atom stereocenters. The summed E-state index contributed by atoms with van der Waals surface area (Å²) in [4.78, 5) is 19.6. The molecule has 0 radical (unpaired) electrons. The van der Waals surface area contributed by atoms with Gasteiger partial charge in [0.25, 0.3) is 0 Å². The molecular weight excluding hydrogens is 340 g/mol. The number of aromatic carboxylic acids is 1. The van der Waals surface area contributed by atoms with Crippen molar-refractivity contribution in [2.45, 2.75) is 6.92 Å². The number of hydrogen-bond acceptors (Lipinski definition) is 5. The van der Waals surface area contributed by atoms with Gasteiger partial charge in [0.1, 0.15) is 5.82 Å². The van der Waals surface area contributed by atoms with Gasteiger partial charge in [0, 0.05) is 22.6 Å². The summed E-state index contributed by atoms with van der Waals surface area (Å²) >= 11 is 6.12. The van der Waals surface area contributed by atoms with Crippen molar-refractivity contribution in [1.29, 1.82) is 0 Å². The van der Waals surface area contributed by atoms with E-state index in [1.54, 1.807) is 30.5 Å². The van der Waals surface area contributed by atoms with Crippen LogP contribution in [0.15, 0.2) is 54.7 Å².